The van der Waals surface area contributed by atoms with Crippen LogP contribution in [0.1, 0.15) is 58.1 Å². The Bertz CT molecular complexity index is 366. The molecule has 0 aliphatic rings. The molecule has 1 rings (SSSR count). The van der Waals surface area contributed by atoms with E-state index in [0.717, 1.165) is 24.7 Å². The van der Waals surface area contributed by atoms with Gasteiger partial charge in [-0.25, -0.2) is 0 Å². The van der Waals surface area contributed by atoms with Gasteiger partial charge in [0.05, 0.1) is 6.61 Å². The van der Waals surface area contributed by atoms with E-state index in [2.05, 4.69) is 52.8 Å². The summed E-state index contributed by atoms with van der Waals surface area (Å²) >= 11 is 0. The SMILES string of the molecule is Cc1cc(OCCC(C)C)ccc1CCCC(C)C. The molecule has 1 aromatic rings. The van der Waals surface area contributed by atoms with Crippen molar-refractivity contribution in [3.05, 3.63) is 29.3 Å². The number of ether oxygens (including phenoxy) is 1. The maximum atomic E-state index is 5.80. The fourth-order valence-electron chi connectivity index (χ4n) is 2.15. The molecule has 0 atom stereocenters. The molecular weight excluding hydrogens is 232 g/mol. The van der Waals surface area contributed by atoms with Crippen molar-refractivity contribution in [3.63, 3.8) is 0 Å². The first kappa shape index (κ1) is 16.1. The molecule has 0 saturated heterocycles. The first-order valence-electron chi connectivity index (χ1n) is 7.71. The highest BCUT2D eigenvalue weighted by Crippen LogP contribution is 2.20. The summed E-state index contributed by atoms with van der Waals surface area (Å²) in [6, 6.07) is 6.55. The largest absolute Gasteiger partial charge is 0.494 e. The monoisotopic (exact) mass is 262 g/mol. The van der Waals surface area contributed by atoms with Crippen LogP contribution in [0.15, 0.2) is 18.2 Å². The van der Waals surface area contributed by atoms with Crippen LogP contribution in [0, 0.1) is 18.8 Å². The van der Waals surface area contributed by atoms with Crippen molar-refractivity contribution in [2.24, 2.45) is 11.8 Å². The average Bonchev–Trinajstić information content (AvgIpc) is 2.31. The van der Waals surface area contributed by atoms with Crippen molar-refractivity contribution >= 4 is 0 Å². The third kappa shape index (κ3) is 6.66. The van der Waals surface area contributed by atoms with E-state index in [1.54, 1.807) is 0 Å². The molecule has 0 aliphatic carbocycles. The average molecular weight is 262 g/mol. The smallest absolute Gasteiger partial charge is 0.119 e. The van der Waals surface area contributed by atoms with Crippen LogP contribution in [-0.2, 0) is 6.42 Å². The lowest BCUT2D eigenvalue weighted by molar-refractivity contribution is 0.289. The van der Waals surface area contributed by atoms with Gasteiger partial charge in [-0.1, -0.05) is 40.2 Å². The summed E-state index contributed by atoms with van der Waals surface area (Å²) in [5.74, 6) is 2.53. The van der Waals surface area contributed by atoms with Crippen molar-refractivity contribution in [3.8, 4) is 5.75 Å². The molecule has 0 radical (unpaired) electrons. The van der Waals surface area contributed by atoms with Crippen molar-refractivity contribution in [1.82, 2.24) is 0 Å². The zero-order valence-electron chi connectivity index (χ0n) is 13.3. The Labute approximate surface area is 119 Å². The molecule has 0 aliphatic heterocycles. The zero-order valence-corrected chi connectivity index (χ0v) is 13.3. The van der Waals surface area contributed by atoms with Crippen LogP contribution in [0.5, 0.6) is 5.75 Å². The highest BCUT2D eigenvalue weighted by Gasteiger charge is 2.03. The lowest BCUT2D eigenvalue weighted by Crippen LogP contribution is -2.02. The van der Waals surface area contributed by atoms with Crippen LogP contribution in [0.25, 0.3) is 0 Å². The van der Waals surface area contributed by atoms with Crippen molar-refractivity contribution in [2.45, 2.75) is 60.3 Å². The predicted octanol–water partition coefficient (Wildman–Crippen LogP) is 5.40. The van der Waals surface area contributed by atoms with Crippen molar-refractivity contribution < 1.29 is 4.74 Å². The van der Waals surface area contributed by atoms with E-state index >= 15 is 0 Å². The number of aryl methyl sites for hydroxylation is 2. The molecule has 1 heteroatoms. The summed E-state index contributed by atoms with van der Waals surface area (Å²) in [5, 5.41) is 0. The van der Waals surface area contributed by atoms with E-state index in [0.29, 0.717) is 5.92 Å². The van der Waals surface area contributed by atoms with E-state index in [9.17, 15) is 0 Å². The van der Waals surface area contributed by atoms with Gasteiger partial charge in [0.15, 0.2) is 0 Å². The van der Waals surface area contributed by atoms with Gasteiger partial charge in [0, 0.05) is 0 Å². The summed E-state index contributed by atoms with van der Waals surface area (Å²) in [6.07, 6.45) is 4.91. The lowest BCUT2D eigenvalue weighted by Gasteiger charge is -2.11. The second-order valence-electron chi connectivity index (χ2n) is 6.41. The Morgan fingerprint density at radius 2 is 1.68 bits per heavy atom. The maximum Gasteiger partial charge on any atom is 0.119 e. The summed E-state index contributed by atoms with van der Waals surface area (Å²) in [4.78, 5) is 0. The molecule has 0 aromatic heterocycles. The van der Waals surface area contributed by atoms with Crippen molar-refractivity contribution in [1.29, 1.82) is 0 Å². The van der Waals surface area contributed by atoms with E-state index in [1.807, 2.05) is 0 Å². The summed E-state index contributed by atoms with van der Waals surface area (Å²) in [5.41, 5.74) is 2.84. The van der Waals surface area contributed by atoms with Gasteiger partial charge in [-0.2, -0.15) is 0 Å². The van der Waals surface area contributed by atoms with Gasteiger partial charge in [0.25, 0.3) is 0 Å². The summed E-state index contributed by atoms with van der Waals surface area (Å²) < 4.78 is 5.80. The Morgan fingerprint density at radius 3 is 2.26 bits per heavy atom. The first-order valence-corrected chi connectivity index (χ1v) is 7.71. The molecular formula is C18H30O. The molecule has 1 nitrogen and oxygen atoms in total. The maximum absolute atomic E-state index is 5.80. The molecule has 1 aromatic carbocycles. The van der Waals surface area contributed by atoms with E-state index in [-0.39, 0.29) is 0 Å². The van der Waals surface area contributed by atoms with Crippen LogP contribution in [0.4, 0.5) is 0 Å². The highest BCUT2D eigenvalue weighted by atomic mass is 16.5. The molecule has 19 heavy (non-hydrogen) atoms. The van der Waals surface area contributed by atoms with E-state index in [4.69, 9.17) is 4.74 Å². The Balaban J connectivity index is 2.45. The van der Waals surface area contributed by atoms with Crippen LogP contribution < -0.4 is 4.74 Å². The fourth-order valence-corrected chi connectivity index (χ4v) is 2.15. The summed E-state index contributed by atoms with van der Waals surface area (Å²) in [6.45, 7) is 12.1. The lowest BCUT2D eigenvalue weighted by atomic mass is 9.99. The second-order valence-corrected chi connectivity index (χ2v) is 6.41. The van der Waals surface area contributed by atoms with E-state index in [1.165, 1.54) is 30.4 Å². The van der Waals surface area contributed by atoms with E-state index < -0.39 is 0 Å². The number of benzene rings is 1. The van der Waals surface area contributed by atoms with Crippen LogP contribution in [0.3, 0.4) is 0 Å². The standard InChI is InChI=1S/C18H30O/c1-14(2)7-6-8-17-9-10-18(13-16(17)5)19-12-11-15(3)4/h9-10,13-15H,6-8,11-12H2,1-5H3. The minimum atomic E-state index is 0.705. The Hall–Kier alpha value is -0.980. The number of hydrogen-bond acceptors (Lipinski definition) is 1. The zero-order chi connectivity index (χ0) is 14.3. The Morgan fingerprint density at radius 1 is 1.00 bits per heavy atom. The normalized spacial score (nSPS) is 11.3. The molecule has 0 spiro atoms. The molecule has 0 unspecified atom stereocenters. The molecule has 0 bridgehead atoms. The van der Waals surface area contributed by atoms with Gasteiger partial charge in [0.2, 0.25) is 0 Å². The van der Waals surface area contributed by atoms with Gasteiger partial charge in [0.1, 0.15) is 5.75 Å². The minimum Gasteiger partial charge on any atom is -0.494 e. The molecule has 0 heterocycles. The predicted molar refractivity (Wildman–Crippen MR) is 83.9 cm³/mol. The van der Waals surface area contributed by atoms with Crippen LogP contribution in [-0.4, -0.2) is 6.61 Å². The number of hydrogen-bond donors (Lipinski definition) is 0. The Kier molecular flexibility index (Phi) is 6.97. The molecule has 0 amide bonds. The highest BCUT2D eigenvalue weighted by molar-refractivity contribution is 5.34. The topological polar surface area (TPSA) is 9.23 Å². The minimum absolute atomic E-state index is 0.705. The molecule has 0 saturated carbocycles. The fraction of sp³-hybridized carbons (Fsp3) is 0.667. The van der Waals surface area contributed by atoms with Gasteiger partial charge in [-0.3, -0.25) is 0 Å². The first-order chi connectivity index (χ1) is 8.99. The molecule has 0 N–H and O–H groups in total. The second kappa shape index (κ2) is 8.24. The summed E-state index contributed by atoms with van der Waals surface area (Å²) in [7, 11) is 0. The molecule has 108 valence electrons. The molecule has 0 fully saturated rings. The van der Waals surface area contributed by atoms with Gasteiger partial charge >= 0.3 is 0 Å². The van der Waals surface area contributed by atoms with Crippen LogP contribution >= 0.6 is 0 Å². The van der Waals surface area contributed by atoms with Gasteiger partial charge < -0.3 is 4.74 Å². The van der Waals surface area contributed by atoms with Crippen LogP contribution in [0.2, 0.25) is 0 Å². The number of rotatable bonds is 8. The third-order valence-electron chi connectivity index (χ3n) is 3.51. The van der Waals surface area contributed by atoms with Gasteiger partial charge in [-0.05, 0) is 61.3 Å². The third-order valence-corrected chi connectivity index (χ3v) is 3.51. The quantitative estimate of drug-likeness (QED) is 0.609. The van der Waals surface area contributed by atoms with Gasteiger partial charge in [-0.15, -0.1) is 0 Å². The van der Waals surface area contributed by atoms with Crippen molar-refractivity contribution in [2.75, 3.05) is 6.61 Å².